The predicted octanol–water partition coefficient (Wildman–Crippen LogP) is 3.34. The van der Waals surface area contributed by atoms with E-state index in [0.717, 1.165) is 10.2 Å². The smallest absolute Gasteiger partial charge is 0.390 e. The summed E-state index contributed by atoms with van der Waals surface area (Å²) < 4.78 is 42.7. The van der Waals surface area contributed by atoms with Gasteiger partial charge in [-0.15, -0.1) is 0 Å². The van der Waals surface area contributed by atoms with E-state index in [1.165, 1.54) is 0 Å². The minimum atomic E-state index is -4.19. The average molecular weight is 382 g/mol. The maximum absolute atomic E-state index is 12.1. The van der Waals surface area contributed by atoms with Crippen LogP contribution >= 0.6 is 15.9 Å². The van der Waals surface area contributed by atoms with Crippen molar-refractivity contribution >= 4 is 21.9 Å². The van der Waals surface area contributed by atoms with Crippen molar-refractivity contribution in [1.82, 2.24) is 10.6 Å². The Kier molecular flexibility index (Phi) is 8.08. The van der Waals surface area contributed by atoms with Gasteiger partial charge in [-0.1, -0.05) is 22.0 Å². The Bertz CT molecular complexity index is 481. The van der Waals surface area contributed by atoms with Crippen LogP contribution in [0.3, 0.4) is 0 Å². The summed E-state index contributed by atoms with van der Waals surface area (Å²) in [6, 6.07) is 7.41. The lowest BCUT2D eigenvalue weighted by Gasteiger charge is -2.12. The summed E-state index contributed by atoms with van der Waals surface area (Å²) >= 11 is 3.34. The summed E-state index contributed by atoms with van der Waals surface area (Å²) in [5.41, 5.74) is 0. The summed E-state index contributed by atoms with van der Waals surface area (Å²) in [4.78, 5) is 3.87. The summed E-state index contributed by atoms with van der Waals surface area (Å²) in [5, 5.41) is 5.81. The summed E-state index contributed by atoms with van der Waals surface area (Å²) in [7, 11) is 0. The van der Waals surface area contributed by atoms with Crippen LogP contribution in [-0.4, -0.2) is 38.4 Å². The first-order chi connectivity index (χ1) is 10.4. The van der Waals surface area contributed by atoms with Crippen molar-refractivity contribution in [2.45, 2.75) is 19.5 Å². The molecule has 0 saturated heterocycles. The first-order valence-corrected chi connectivity index (χ1v) is 7.67. The van der Waals surface area contributed by atoms with Crippen molar-refractivity contribution < 1.29 is 17.9 Å². The molecule has 1 aromatic carbocycles. The molecule has 124 valence electrons. The SMILES string of the molecule is CCNC(=NCCC(F)(F)F)NCCOc1cccc(Br)c1. The fourth-order valence-corrected chi connectivity index (χ4v) is 1.91. The molecule has 0 radical (unpaired) electrons. The number of nitrogens with zero attached hydrogens (tertiary/aromatic N) is 1. The van der Waals surface area contributed by atoms with Gasteiger partial charge in [0, 0.05) is 11.0 Å². The van der Waals surface area contributed by atoms with E-state index in [1.807, 2.05) is 31.2 Å². The van der Waals surface area contributed by atoms with Crippen molar-refractivity contribution in [3.8, 4) is 5.75 Å². The van der Waals surface area contributed by atoms with Crippen LogP contribution in [-0.2, 0) is 0 Å². The number of rotatable bonds is 7. The third-order valence-corrected chi connectivity index (χ3v) is 2.96. The average Bonchev–Trinajstić information content (AvgIpc) is 2.42. The van der Waals surface area contributed by atoms with E-state index in [-0.39, 0.29) is 6.54 Å². The highest BCUT2D eigenvalue weighted by molar-refractivity contribution is 9.10. The van der Waals surface area contributed by atoms with Gasteiger partial charge in [0.15, 0.2) is 5.96 Å². The number of hydrogen-bond donors (Lipinski definition) is 2. The molecule has 1 rings (SSSR count). The Labute approximate surface area is 136 Å². The second-order valence-electron chi connectivity index (χ2n) is 4.36. The van der Waals surface area contributed by atoms with Gasteiger partial charge in [0.05, 0.1) is 19.5 Å². The molecule has 0 saturated carbocycles. The third-order valence-electron chi connectivity index (χ3n) is 2.47. The van der Waals surface area contributed by atoms with Crippen LogP contribution in [0.1, 0.15) is 13.3 Å². The van der Waals surface area contributed by atoms with E-state index in [1.54, 1.807) is 0 Å². The van der Waals surface area contributed by atoms with Crippen molar-refractivity contribution in [3.05, 3.63) is 28.7 Å². The fraction of sp³-hybridized carbons (Fsp3) is 0.500. The Hall–Kier alpha value is -1.44. The van der Waals surface area contributed by atoms with Gasteiger partial charge in [0.1, 0.15) is 12.4 Å². The topological polar surface area (TPSA) is 45.7 Å². The lowest BCUT2D eigenvalue weighted by Crippen LogP contribution is -2.39. The quantitative estimate of drug-likeness (QED) is 0.432. The zero-order valence-electron chi connectivity index (χ0n) is 12.2. The molecule has 0 unspecified atom stereocenters. The van der Waals surface area contributed by atoms with Gasteiger partial charge < -0.3 is 15.4 Å². The molecule has 22 heavy (non-hydrogen) atoms. The van der Waals surface area contributed by atoms with Crippen LogP contribution in [0.4, 0.5) is 13.2 Å². The predicted molar refractivity (Wildman–Crippen MR) is 84.3 cm³/mol. The van der Waals surface area contributed by atoms with Crippen LogP contribution in [0, 0.1) is 0 Å². The largest absolute Gasteiger partial charge is 0.492 e. The van der Waals surface area contributed by atoms with E-state index < -0.39 is 12.6 Å². The third kappa shape index (κ3) is 8.76. The van der Waals surface area contributed by atoms with Crippen LogP contribution in [0.25, 0.3) is 0 Å². The van der Waals surface area contributed by atoms with Crippen molar-refractivity contribution in [2.75, 3.05) is 26.2 Å². The molecular formula is C14H19BrF3N3O. The maximum atomic E-state index is 12.1. The molecule has 0 heterocycles. The molecule has 2 N–H and O–H groups in total. The van der Waals surface area contributed by atoms with Gasteiger partial charge in [-0.25, -0.2) is 0 Å². The van der Waals surface area contributed by atoms with E-state index >= 15 is 0 Å². The standard InChI is InChI=1S/C14H19BrF3N3O/c1-2-19-13(20-7-6-14(16,17)18)21-8-9-22-12-5-3-4-11(15)10-12/h3-5,10H,2,6-9H2,1H3,(H2,19,20,21). The van der Waals surface area contributed by atoms with Crippen LogP contribution in [0.2, 0.25) is 0 Å². The zero-order chi connectivity index (χ0) is 16.4. The molecule has 1 aromatic rings. The first-order valence-electron chi connectivity index (χ1n) is 6.88. The molecule has 0 aliphatic rings. The van der Waals surface area contributed by atoms with Crippen LogP contribution in [0.15, 0.2) is 33.7 Å². The zero-order valence-corrected chi connectivity index (χ0v) is 13.8. The number of guanidine groups is 1. The molecule has 0 fully saturated rings. The minimum absolute atomic E-state index is 0.300. The monoisotopic (exact) mass is 381 g/mol. The molecule has 0 atom stereocenters. The molecule has 8 heteroatoms. The maximum Gasteiger partial charge on any atom is 0.390 e. The Morgan fingerprint density at radius 3 is 2.73 bits per heavy atom. The summed E-state index contributed by atoms with van der Waals surface area (Å²) in [5.74, 6) is 1.07. The second kappa shape index (κ2) is 9.55. The van der Waals surface area contributed by atoms with Crippen molar-refractivity contribution in [1.29, 1.82) is 0 Å². The Morgan fingerprint density at radius 2 is 2.09 bits per heavy atom. The normalized spacial score (nSPS) is 12.1. The first kappa shape index (κ1) is 18.6. The van der Waals surface area contributed by atoms with E-state index in [4.69, 9.17) is 4.74 Å². The van der Waals surface area contributed by atoms with Gasteiger partial charge in [0.25, 0.3) is 0 Å². The molecule has 0 aromatic heterocycles. The van der Waals surface area contributed by atoms with Gasteiger partial charge in [-0.2, -0.15) is 13.2 Å². The number of ether oxygens (including phenoxy) is 1. The molecule has 0 spiro atoms. The fourth-order valence-electron chi connectivity index (χ4n) is 1.53. The highest BCUT2D eigenvalue weighted by atomic mass is 79.9. The molecule has 0 aliphatic heterocycles. The second-order valence-corrected chi connectivity index (χ2v) is 5.27. The lowest BCUT2D eigenvalue weighted by atomic mass is 10.3. The number of benzene rings is 1. The molecule has 0 bridgehead atoms. The van der Waals surface area contributed by atoms with Gasteiger partial charge in [-0.05, 0) is 25.1 Å². The highest BCUT2D eigenvalue weighted by Crippen LogP contribution is 2.19. The molecule has 0 amide bonds. The number of aliphatic imine (C=N–C) groups is 1. The summed E-state index contributed by atoms with van der Waals surface area (Å²) in [6.07, 6.45) is -5.12. The number of alkyl halides is 3. The van der Waals surface area contributed by atoms with E-state index in [2.05, 4.69) is 31.6 Å². The van der Waals surface area contributed by atoms with Crippen molar-refractivity contribution in [2.24, 2.45) is 4.99 Å². The van der Waals surface area contributed by atoms with Gasteiger partial charge >= 0.3 is 6.18 Å². The Balaban J connectivity index is 2.33. The highest BCUT2D eigenvalue weighted by Gasteiger charge is 2.26. The lowest BCUT2D eigenvalue weighted by molar-refractivity contribution is -0.132. The molecule has 0 aliphatic carbocycles. The summed E-state index contributed by atoms with van der Waals surface area (Å²) in [6.45, 7) is 2.93. The van der Waals surface area contributed by atoms with Crippen LogP contribution in [0.5, 0.6) is 5.75 Å². The van der Waals surface area contributed by atoms with E-state index in [0.29, 0.717) is 25.7 Å². The van der Waals surface area contributed by atoms with E-state index in [9.17, 15) is 13.2 Å². The van der Waals surface area contributed by atoms with Crippen LogP contribution < -0.4 is 15.4 Å². The molecular weight excluding hydrogens is 363 g/mol. The Morgan fingerprint density at radius 1 is 1.32 bits per heavy atom. The van der Waals surface area contributed by atoms with Crippen molar-refractivity contribution in [3.63, 3.8) is 0 Å². The molecule has 4 nitrogen and oxygen atoms in total. The number of nitrogens with one attached hydrogen (secondary N) is 2. The van der Waals surface area contributed by atoms with Gasteiger partial charge in [0.2, 0.25) is 0 Å². The number of halogens is 4. The van der Waals surface area contributed by atoms with Gasteiger partial charge in [-0.3, -0.25) is 4.99 Å². The number of hydrogen-bond acceptors (Lipinski definition) is 2. The minimum Gasteiger partial charge on any atom is -0.492 e.